The monoisotopic (exact) mass is 248 g/mol. The molecule has 4 heteroatoms. The predicted molar refractivity (Wildman–Crippen MR) is 67.5 cm³/mol. The van der Waals surface area contributed by atoms with Crippen LogP contribution in [0.4, 0.5) is 0 Å². The fourth-order valence-electron chi connectivity index (χ4n) is 1.60. The summed E-state index contributed by atoms with van der Waals surface area (Å²) in [4.78, 5) is 20.5. The molecule has 0 bridgehead atoms. The van der Waals surface area contributed by atoms with E-state index in [0.717, 1.165) is 19.3 Å². The number of carboxylic acid groups (broad SMARTS) is 2. The van der Waals surface area contributed by atoms with Crippen LogP contribution in [0.3, 0.4) is 0 Å². The zero-order valence-corrected chi connectivity index (χ0v) is 9.95. The minimum Gasteiger partial charge on any atom is -0.481 e. The van der Waals surface area contributed by atoms with Gasteiger partial charge in [0.25, 0.3) is 0 Å². The van der Waals surface area contributed by atoms with Crippen LogP contribution in [-0.4, -0.2) is 22.2 Å². The van der Waals surface area contributed by atoms with Crippen molar-refractivity contribution in [3.63, 3.8) is 0 Å². The number of carboxylic acids is 2. The van der Waals surface area contributed by atoms with Crippen LogP contribution in [0.1, 0.15) is 29.6 Å². The maximum Gasteiger partial charge on any atom is 0.335 e. The van der Waals surface area contributed by atoms with E-state index in [4.69, 9.17) is 10.2 Å². The molecule has 1 aliphatic carbocycles. The molecule has 4 nitrogen and oxygen atoms in total. The van der Waals surface area contributed by atoms with Crippen molar-refractivity contribution in [2.75, 3.05) is 0 Å². The average molecular weight is 248 g/mol. The van der Waals surface area contributed by atoms with Gasteiger partial charge in [-0.3, -0.25) is 4.79 Å². The number of hydrogen-bond donors (Lipinski definition) is 2. The molecule has 0 saturated carbocycles. The highest BCUT2D eigenvalue weighted by molar-refractivity contribution is 5.87. The van der Waals surface area contributed by atoms with Crippen molar-refractivity contribution in [3.8, 4) is 0 Å². The molecule has 0 aliphatic heterocycles. The molecule has 1 aliphatic rings. The van der Waals surface area contributed by atoms with E-state index in [1.165, 1.54) is 0 Å². The third-order valence-electron chi connectivity index (χ3n) is 2.59. The quantitative estimate of drug-likeness (QED) is 0.789. The summed E-state index contributed by atoms with van der Waals surface area (Å²) >= 11 is 0. The number of hydrogen-bond acceptors (Lipinski definition) is 2. The molecular formula is C14H16O4. The summed E-state index contributed by atoms with van der Waals surface area (Å²) in [6, 6.07) is 8.30. The molecule has 0 fully saturated rings. The molecule has 0 spiro atoms. The first-order chi connectivity index (χ1) is 8.61. The zero-order chi connectivity index (χ0) is 13.4. The largest absolute Gasteiger partial charge is 0.481 e. The van der Waals surface area contributed by atoms with Gasteiger partial charge in [0.2, 0.25) is 0 Å². The van der Waals surface area contributed by atoms with Crippen molar-refractivity contribution in [2.45, 2.75) is 19.3 Å². The lowest BCUT2D eigenvalue weighted by Crippen LogP contribution is -2.12. The first-order valence-corrected chi connectivity index (χ1v) is 5.79. The van der Waals surface area contributed by atoms with E-state index in [9.17, 15) is 9.59 Å². The van der Waals surface area contributed by atoms with E-state index < -0.39 is 11.9 Å². The molecule has 18 heavy (non-hydrogen) atoms. The van der Waals surface area contributed by atoms with Gasteiger partial charge in [-0.05, 0) is 31.4 Å². The number of aromatic carboxylic acids is 1. The van der Waals surface area contributed by atoms with Crippen LogP contribution in [0, 0.1) is 5.92 Å². The number of allylic oxidation sites excluding steroid dienone is 1. The zero-order valence-electron chi connectivity index (χ0n) is 9.95. The molecule has 2 N–H and O–H groups in total. The second-order valence-corrected chi connectivity index (χ2v) is 3.97. The van der Waals surface area contributed by atoms with Gasteiger partial charge < -0.3 is 10.2 Å². The Morgan fingerprint density at radius 2 is 1.78 bits per heavy atom. The smallest absolute Gasteiger partial charge is 0.335 e. The third kappa shape index (κ3) is 4.82. The van der Waals surface area contributed by atoms with Gasteiger partial charge in [0.05, 0.1) is 11.5 Å². The summed E-state index contributed by atoms with van der Waals surface area (Å²) in [5, 5.41) is 16.9. The van der Waals surface area contributed by atoms with E-state index in [0.29, 0.717) is 5.56 Å². The van der Waals surface area contributed by atoms with Crippen molar-refractivity contribution in [3.05, 3.63) is 48.0 Å². The van der Waals surface area contributed by atoms with Gasteiger partial charge in [0, 0.05) is 0 Å². The average Bonchev–Trinajstić information content (AvgIpc) is 2.41. The molecule has 0 radical (unpaired) electrons. The Kier molecular flexibility index (Phi) is 5.64. The van der Waals surface area contributed by atoms with E-state index in [-0.39, 0.29) is 5.92 Å². The van der Waals surface area contributed by atoms with E-state index in [1.54, 1.807) is 36.4 Å². The fourth-order valence-corrected chi connectivity index (χ4v) is 1.60. The first-order valence-electron chi connectivity index (χ1n) is 5.79. The molecule has 96 valence electrons. The Morgan fingerprint density at radius 1 is 1.11 bits per heavy atom. The van der Waals surface area contributed by atoms with Crippen molar-refractivity contribution in [1.29, 1.82) is 0 Å². The van der Waals surface area contributed by atoms with Crippen LogP contribution in [0.15, 0.2) is 42.5 Å². The van der Waals surface area contributed by atoms with Crippen LogP contribution in [0.2, 0.25) is 0 Å². The summed E-state index contributed by atoms with van der Waals surface area (Å²) in [7, 11) is 0. The molecule has 2 rings (SSSR count). The number of aliphatic carboxylic acids is 1. The van der Waals surface area contributed by atoms with Crippen molar-refractivity contribution in [1.82, 2.24) is 0 Å². The molecule has 1 aromatic rings. The van der Waals surface area contributed by atoms with Crippen molar-refractivity contribution < 1.29 is 19.8 Å². The summed E-state index contributed by atoms with van der Waals surface area (Å²) in [6.45, 7) is 0. The Bertz CT molecular complexity index is 423. The van der Waals surface area contributed by atoms with Crippen LogP contribution < -0.4 is 0 Å². The highest BCUT2D eigenvalue weighted by atomic mass is 16.4. The molecule has 0 amide bonds. The molecule has 0 heterocycles. The first kappa shape index (κ1) is 14.0. The van der Waals surface area contributed by atoms with Crippen LogP contribution in [0.5, 0.6) is 0 Å². The Morgan fingerprint density at radius 3 is 2.11 bits per heavy atom. The SMILES string of the molecule is O=C(O)C1C=CCCC1.O=C(O)c1ccccc1. The van der Waals surface area contributed by atoms with Crippen molar-refractivity contribution >= 4 is 11.9 Å². The summed E-state index contributed by atoms with van der Waals surface area (Å²) in [5.41, 5.74) is 0.331. The topological polar surface area (TPSA) is 74.6 Å². The Hall–Kier alpha value is -2.10. The summed E-state index contributed by atoms with van der Waals surface area (Å²) < 4.78 is 0. The van der Waals surface area contributed by atoms with Crippen molar-refractivity contribution in [2.24, 2.45) is 5.92 Å². The van der Waals surface area contributed by atoms with Gasteiger partial charge >= 0.3 is 11.9 Å². The number of carbonyl (C=O) groups is 2. The minimum atomic E-state index is -0.879. The molecule has 0 aromatic heterocycles. The van der Waals surface area contributed by atoms with E-state index in [1.807, 2.05) is 6.08 Å². The second kappa shape index (κ2) is 7.27. The van der Waals surface area contributed by atoms with Gasteiger partial charge in [-0.15, -0.1) is 0 Å². The summed E-state index contributed by atoms with van der Waals surface area (Å²) in [5.74, 6) is -1.78. The molecule has 0 saturated heterocycles. The second-order valence-electron chi connectivity index (χ2n) is 3.97. The van der Waals surface area contributed by atoms with E-state index in [2.05, 4.69) is 0 Å². The van der Waals surface area contributed by atoms with Crippen LogP contribution in [0.25, 0.3) is 0 Å². The normalized spacial score (nSPS) is 17.4. The highest BCUT2D eigenvalue weighted by Gasteiger charge is 2.14. The predicted octanol–water partition coefficient (Wildman–Crippen LogP) is 2.81. The van der Waals surface area contributed by atoms with Gasteiger partial charge in [-0.1, -0.05) is 30.4 Å². The Labute approximate surface area is 106 Å². The lowest BCUT2D eigenvalue weighted by atomic mass is 9.96. The van der Waals surface area contributed by atoms with Gasteiger partial charge in [0.1, 0.15) is 0 Å². The standard InChI is InChI=1S/C7H10O2.C7H6O2/c2*8-7(9)6-4-2-1-3-5-6/h2,4,6H,1,3,5H2,(H,8,9);1-5H,(H,8,9). The summed E-state index contributed by atoms with van der Waals surface area (Å²) in [6.07, 6.45) is 6.61. The lowest BCUT2D eigenvalue weighted by Gasteiger charge is -2.09. The van der Waals surface area contributed by atoms with Crippen LogP contribution in [-0.2, 0) is 4.79 Å². The maximum absolute atomic E-state index is 10.3. The number of rotatable bonds is 2. The number of benzene rings is 1. The third-order valence-corrected chi connectivity index (χ3v) is 2.59. The highest BCUT2D eigenvalue weighted by Crippen LogP contribution is 2.16. The van der Waals surface area contributed by atoms with Gasteiger partial charge in [0.15, 0.2) is 0 Å². The molecule has 1 atom stereocenters. The van der Waals surface area contributed by atoms with Gasteiger partial charge in [-0.2, -0.15) is 0 Å². The molecule has 1 unspecified atom stereocenters. The molecular weight excluding hydrogens is 232 g/mol. The lowest BCUT2D eigenvalue weighted by molar-refractivity contribution is -0.140. The van der Waals surface area contributed by atoms with Gasteiger partial charge in [-0.25, -0.2) is 4.79 Å². The fraction of sp³-hybridized carbons (Fsp3) is 0.286. The Balaban J connectivity index is 0.000000180. The van der Waals surface area contributed by atoms with Crippen LogP contribution >= 0.6 is 0 Å². The molecule has 1 aromatic carbocycles. The maximum atomic E-state index is 10.3. The van der Waals surface area contributed by atoms with E-state index >= 15 is 0 Å². The minimum absolute atomic E-state index is 0.209.